The highest BCUT2D eigenvalue weighted by atomic mass is 35.5. The molecular formula is C32H33Cl2FN2O5. The van der Waals surface area contributed by atoms with E-state index in [2.05, 4.69) is 5.32 Å². The molecule has 3 aromatic carbocycles. The third-order valence-electron chi connectivity index (χ3n) is 7.33. The van der Waals surface area contributed by atoms with Crippen LogP contribution < -0.4 is 24.3 Å². The third kappa shape index (κ3) is 7.12. The maximum Gasteiger partial charge on any atom is 0.251 e. The highest BCUT2D eigenvalue weighted by Gasteiger charge is 2.36. The summed E-state index contributed by atoms with van der Waals surface area (Å²) in [4.78, 5) is 15.7. The number of benzene rings is 3. The number of hydrogen-bond donors (Lipinski definition) is 1. The van der Waals surface area contributed by atoms with Gasteiger partial charge in [-0.3, -0.25) is 4.79 Å². The highest BCUT2D eigenvalue weighted by molar-refractivity contribution is 6.37. The van der Waals surface area contributed by atoms with Crippen molar-refractivity contribution in [1.29, 1.82) is 0 Å². The van der Waals surface area contributed by atoms with Gasteiger partial charge in [-0.25, -0.2) is 4.39 Å². The zero-order chi connectivity index (χ0) is 29.6. The first-order valence-electron chi connectivity index (χ1n) is 13.8. The lowest BCUT2D eigenvalue weighted by Crippen LogP contribution is -2.39. The predicted molar refractivity (Wildman–Crippen MR) is 161 cm³/mol. The van der Waals surface area contributed by atoms with Gasteiger partial charge in [-0.1, -0.05) is 35.3 Å². The van der Waals surface area contributed by atoms with E-state index in [4.69, 9.17) is 42.1 Å². The van der Waals surface area contributed by atoms with Crippen LogP contribution in [0.1, 0.15) is 30.4 Å². The van der Waals surface area contributed by atoms with Gasteiger partial charge < -0.3 is 29.2 Å². The van der Waals surface area contributed by atoms with Crippen molar-refractivity contribution >= 4 is 34.7 Å². The van der Waals surface area contributed by atoms with E-state index in [1.165, 1.54) is 13.2 Å². The first kappa shape index (κ1) is 30.0. The summed E-state index contributed by atoms with van der Waals surface area (Å²) in [6, 6.07) is 15.7. The monoisotopic (exact) mass is 614 g/mol. The first-order valence-corrected chi connectivity index (χ1v) is 14.6. The molecule has 1 heterocycles. The minimum atomic E-state index is -0.346. The number of nitrogens with zero attached hydrogens (tertiary/aromatic N) is 1. The van der Waals surface area contributed by atoms with Crippen LogP contribution in [-0.2, 0) is 11.3 Å². The summed E-state index contributed by atoms with van der Waals surface area (Å²) in [5.41, 5.74) is 3.12. The van der Waals surface area contributed by atoms with Crippen molar-refractivity contribution < 1.29 is 28.1 Å². The van der Waals surface area contributed by atoms with Crippen molar-refractivity contribution in [3.05, 3.63) is 87.2 Å². The fourth-order valence-corrected chi connectivity index (χ4v) is 5.54. The predicted octanol–water partition coefficient (Wildman–Crippen LogP) is 6.55. The first-order chi connectivity index (χ1) is 20.4. The zero-order valence-electron chi connectivity index (χ0n) is 23.6. The summed E-state index contributed by atoms with van der Waals surface area (Å²) in [7, 11) is 3.08. The summed E-state index contributed by atoms with van der Waals surface area (Å²) in [6.45, 7) is 1.96. The van der Waals surface area contributed by atoms with E-state index in [9.17, 15) is 9.18 Å². The Kier molecular flexibility index (Phi) is 9.77. The van der Waals surface area contributed by atoms with Crippen LogP contribution in [0, 0.1) is 5.82 Å². The van der Waals surface area contributed by atoms with Crippen LogP contribution in [-0.4, -0.2) is 57.4 Å². The van der Waals surface area contributed by atoms with Crippen molar-refractivity contribution in [3.8, 4) is 23.0 Å². The Labute approximate surface area is 255 Å². The smallest absolute Gasteiger partial charge is 0.251 e. The Balaban J connectivity index is 1.25. The molecule has 0 saturated heterocycles. The Hall–Kier alpha value is -3.46. The molecule has 10 heteroatoms. The molecule has 1 aliphatic heterocycles. The quantitative estimate of drug-likeness (QED) is 0.233. The van der Waals surface area contributed by atoms with Crippen molar-refractivity contribution in [2.24, 2.45) is 0 Å². The van der Waals surface area contributed by atoms with E-state index in [0.717, 1.165) is 30.5 Å². The average Bonchev–Trinajstić information content (AvgIpc) is 3.85. The minimum absolute atomic E-state index is 0.0600. The highest BCUT2D eigenvalue weighted by Crippen LogP contribution is 2.37. The van der Waals surface area contributed by atoms with Gasteiger partial charge in [0, 0.05) is 42.4 Å². The maximum atomic E-state index is 14.6. The number of hydrogen-bond acceptors (Lipinski definition) is 6. The number of carbonyl (C=O) groups excluding carboxylic acids is 1. The van der Waals surface area contributed by atoms with Crippen LogP contribution in [0.2, 0.25) is 10.0 Å². The fourth-order valence-electron chi connectivity index (χ4n) is 4.96. The average molecular weight is 616 g/mol. The summed E-state index contributed by atoms with van der Waals surface area (Å²) in [5, 5.41) is 4.05. The van der Waals surface area contributed by atoms with Crippen LogP contribution in [0.25, 0.3) is 5.57 Å². The lowest BCUT2D eigenvalue weighted by molar-refractivity contribution is -0.128. The van der Waals surface area contributed by atoms with E-state index in [1.54, 1.807) is 36.3 Å². The lowest BCUT2D eigenvalue weighted by Gasteiger charge is -2.28. The van der Waals surface area contributed by atoms with Crippen LogP contribution in [0.4, 0.5) is 4.39 Å². The summed E-state index contributed by atoms with van der Waals surface area (Å²) in [6.07, 6.45) is 2.55. The second-order valence-corrected chi connectivity index (χ2v) is 11.0. The Morgan fingerprint density at radius 3 is 2.26 bits per heavy atom. The second kappa shape index (κ2) is 13.7. The molecule has 0 unspecified atom stereocenters. The van der Waals surface area contributed by atoms with E-state index < -0.39 is 0 Å². The number of ether oxygens (including phenoxy) is 4. The van der Waals surface area contributed by atoms with Gasteiger partial charge in [0.25, 0.3) is 5.91 Å². The van der Waals surface area contributed by atoms with E-state index in [1.807, 2.05) is 24.3 Å². The largest absolute Gasteiger partial charge is 0.497 e. The van der Waals surface area contributed by atoms with Crippen LogP contribution in [0.5, 0.6) is 23.0 Å². The van der Waals surface area contributed by atoms with Crippen LogP contribution in [0.15, 0.2) is 60.2 Å². The van der Waals surface area contributed by atoms with Crippen LogP contribution in [0.3, 0.4) is 0 Å². The van der Waals surface area contributed by atoms with Gasteiger partial charge in [0.2, 0.25) is 0 Å². The topological polar surface area (TPSA) is 69.3 Å². The fraction of sp³-hybridized carbons (Fsp3) is 0.344. The standard InChI is InChI=1S/C32H33Cl2FN2O5/c1-39-24-9-10-30(35)21(15-24)19-37(22-5-6-22)32(38)27-18-36-12-11-26(27)20-3-7-23(8-4-20)41-13-14-42-31-28(33)16-25(40-2)17-29(31)34/h3-4,7-10,15-17,22,36H,5-6,11-14,18-19H2,1-2H3. The van der Waals surface area contributed by atoms with E-state index >= 15 is 0 Å². The molecular weight excluding hydrogens is 582 g/mol. The number of halogens is 3. The zero-order valence-corrected chi connectivity index (χ0v) is 25.1. The van der Waals surface area contributed by atoms with Gasteiger partial charge in [0.15, 0.2) is 5.75 Å². The Morgan fingerprint density at radius 1 is 0.929 bits per heavy atom. The summed E-state index contributed by atoms with van der Waals surface area (Å²) in [5.74, 6) is 1.76. The summed E-state index contributed by atoms with van der Waals surface area (Å²) < 4.78 is 36.7. The van der Waals surface area contributed by atoms with Crippen molar-refractivity contribution in [1.82, 2.24) is 10.2 Å². The molecule has 1 saturated carbocycles. The van der Waals surface area contributed by atoms with Gasteiger partial charge in [-0.2, -0.15) is 0 Å². The van der Waals surface area contributed by atoms with Gasteiger partial charge in [-0.05, 0) is 67.3 Å². The van der Waals surface area contributed by atoms with Crippen molar-refractivity contribution in [2.45, 2.75) is 31.8 Å². The van der Waals surface area contributed by atoms with Gasteiger partial charge in [-0.15, -0.1) is 0 Å². The molecule has 0 spiro atoms. The van der Waals surface area contributed by atoms with Gasteiger partial charge >= 0.3 is 0 Å². The number of methoxy groups -OCH3 is 2. The molecule has 0 radical (unpaired) electrons. The SMILES string of the molecule is COc1cc(Cl)c(OCCOc2ccc(C3=C(C(=O)N(Cc4cc(OC)ccc4F)C4CC4)CNCC3)cc2)c(Cl)c1. The number of amides is 1. The van der Waals surface area contributed by atoms with Gasteiger partial charge in [0.05, 0.1) is 24.3 Å². The Bertz CT molecular complexity index is 1440. The number of carbonyl (C=O) groups is 1. The van der Waals surface area contributed by atoms with Crippen molar-refractivity contribution in [2.75, 3.05) is 40.5 Å². The molecule has 2 aliphatic rings. The van der Waals surface area contributed by atoms with Crippen LogP contribution >= 0.6 is 23.2 Å². The second-order valence-electron chi connectivity index (χ2n) is 10.1. The molecule has 1 amide bonds. The maximum absolute atomic E-state index is 14.6. The molecule has 0 atom stereocenters. The lowest BCUT2D eigenvalue weighted by atomic mass is 9.93. The van der Waals surface area contributed by atoms with Crippen molar-refractivity contribution in [3.63, 3.8) is 0 Å². The third-order valence-corrected chi connectivity index (χ3v) is 7.89. The molecule has 3 aromatic rings. The number of rotatable bonds is 12. The van der Waals surface area contributed by atoms with E-state index in [0.29, 0.717) is 57.1 Å². The molecule has 1 aliphatic carbocycles. The molecule has 0 bridgehead atoms. The molecule has 1 fully saturated rings. The van der Waals surface area contributed by atoms with Gasteiger partial charge in [0.1, 0.15) is 36.3 Å². The molecule has 7 nitrogen and oxygen atoms in total. The molecule has 42 heavy (non-hydrogen) atoms. The number of nitrogens with one attached hydrogen (secondary N) is 1. The minimum Gasteiger partial charge on any atom is -0.497 e. The molecule has 222 valence electrons. The Morgan fingerprint density at radius 2 is 1.60 bits per heavy atom. The normalized spacial score (nSPS) is 14.9. The molecule has 0 aromatic heterocycles. The molecule has 1 N–H and O–H groups in total. The summed E-state index contributed by atoms with van der Waals surface area (Å²) >= 11 is 12.5. The molecule has 5 rings (SSSR count). The van der Waals surface area contributed by atoms with E-state index in [-0.39, 0.29) is 37.5 Å².